The fraction of sp³-hybridized carbons (Fsp3) is 0.588. The first-order valence-electron chi connectivity index (χ1n) is 8.35. The number of carbonyl (C=O) groups is 1. The molecule has 0 aromatic heterocycles. The Morgan fingerprint density at radius 2 is 1.70 bits per heavy atom. The molecule has 3 rings (SSSR count). The van der Waals surface area contributed by atoms with Crippen LogP contribution in [0.5, 0.6) is 0 Å². The lowest BCUT2D eigenvalue weighted by Gasteiger charge is -2.35. The summed E-state index contributed by atoms with van der Waals surface area (Å²) < 4.78 is 10.7. The van der Waals surface area contributed by atoms with Gasteiger partial charge in [0.05, 0.1) is 13.2 Å². The standard InChI is InChI=1S/C17H25N3O3/c21-17(23-15-12-18-10-13-22-14-11-18)20-8-6-19(7-9-20)16-4-2-1-3-5-16/h1-5H,6-15H2. The quantitative estimate of drug-likeness (QED) is 0.836. The van der Waals surface area contributed by atoms with Crippen molar-refractivity contribution in [3.05, 3.63) is 30.3 Å². The molecule has 2 saturated heterocycles. The summed E-state index contributed by atoms with van der Waals surface area (Å²) in [4.78, 5) is 18.5. The molecule has 23 heavy (non-hydrogen) atoms. The summed E-state index contributed by atoms with van der Waals surface area (Å²) in [7, 11) is 0. The van der Waals surface area contributed by atoms with E-state index in [9.17, 15) is 4.79 Å². The maximum Gasteiger partial charge on any atom is 0.409 e. The highest BCUT2D eigenvalue weighted by molar-refractivity contribution is 5.68. The van der Waals surface area contributed by atoms with Crippen molar-refractivity contribution in [1.29, 1.82) is 0 Å². The molecule has 2 fully saturated rings. The Bertz CT molecular complexity index is 483. The summed E-state index contributed by atoms with van der Waals surface area (Å²) in [6, 6.07) is 10.3. The predicted octanol–water partition coefficient (Wildman–Crippen LogP) is 1.28. The van der Waals surface area contributed by atoms with Crippen LogP contribution in [-0.2, 0) is 9.47 Å². The zero-order valence-electron chi connectivity index (χ0n) is 13.5. The zero-order chi connectivity index (χ0) is 15.9. The van der Waals surface area contributed by atoms with Gasteiger partial charge in [-0.05, 0) is 12.1 Å². The number of morpholine rings is 1. The van der Waals surface area contributed by atoms with Gasteiger partial charge < -0.3 is 19.3 Å². The van der Waals surface area contributed by atoms with E-state index in [1.54, 1.807) is 4.90 Å². The smallest absolute Gasteiger partial charge is 0.409 e. The second-order valence-electron chi connectivity index (χ2n) is 5.88. The van der Waals surface area contributed by atoms with Crippen molar-refractivity contribution in [2.24, 2.45) is 0 Å². The van der Waals surface area contributed by atoms with Crippen molar-refractivity contribution in [3.8, 4) is 0 Å². The molecular formula is C17H25N3O3. The second kappa shape index (κ2) is 8.17. The number of hydrogen-bond donors (Lipinski definition) is 0. The van der Waals surface area contributed by atoms with E-state index in [2.05, 4.69) is 21.9 Å². The minimum absolute atomic E-state index is 0.189. The minimum Gasteiger partial charge on any atom is -0.448 e. The third-order valence-electron chi connectivity index (χ3n) is 4.40. The number of ether oxygens (including phenoxy) is 2. The van der Waals surface area contributed by atoms with E-state index in [0.29, 0.717) is 19.7 Å². The first-order valence-corrected chi connectivity index (χ1v) is 8.35. The third kappa shape index (κ3) is 4.59. The Labute approximate surface area is 137 Å². The van der Waals surface area contributed by atoms with Crippen LogP contribution in [0.15, 0.2) is 30.3 Å². The molecule has 0 spiro atoms. The molecule has 0 saturated carbocycles. The maximum absolute atomic E-state index is 12.1. The van der Waals surface area contributed by atoms with Crippen molar-refractivity contribution in [2.45, 2.75) is 0 Å². The molecule has 0 N–H and O–H groups in total. The highest BCUT2D eigenvalue weighted by atomic mass is 16.6. The number of amides is 1. The van der Waals surface area contributed by atoms with Gasteiger partial charge in [-0.15, -0.1) is 0 Å². The first kappa shape index (κ1) is 16.1. The Balaban J connectivity index is 1.36. The van der Waals surface area contributed by atoms with Gasteiger partial charge in [-0.25, -0.2) is 4.79 Å². The lowest BCUT2D eigenvalue weighted by atomic mass is 10.2. The van der Waals surface area contributed by atoms with Crippen LogP contribution in [0.1, 0.15) is 0 Å². The van der Waals surface area contributed by atoms with E-state index in [4.69, 9.17) is 9.47 Å². The molecule has 6 heteroatoms. The highest BCUT2D eigenvalue weighted by Gasteiger charge is 2.22. The van der Waals surface area contributed by atoms with Crippen LogP contribution in [0.3, 0.4) is 0 Å². The van der Waals surface area contributed by atoms with Crippen LogP contribution in [0.2, 0.25) is 0 Å². The molecule has 2 aliphatic rings. The van der Waals surface area contributed by atoms with Crippen LogP contribution >= 0.6 is 0 Å². The van der Waals surface area contributed by atoms with Crippen LogP contribution in [-0.4, -0.2) is 81.5 Å². The molecule has 0 atom stereocenters. The van der Waals surface area contributed by atoms with Gasteiger partial charge in [0.25, 0.3) is 0 Å². The molecule has 1 amide bonds. The van der Waals surface area contributed by atoms with Crippen LogP contribution in [0, 0.1) is 0 Å². The lowest BCUT2D eigenvalue weighted by molar-refractivity contribution is 0.0246. The van der Waals surface area contributed by atoms with Crippen molar-refractivity contribution < 1.29 is 14.3 Å². The number of anilines is 1. The second-order valence-corrected chi connectivity index (χ2v) is 5.88. The van der Waals surface area contributed by atoms with E-state index in [1.807, 2.05) is 18.2 Å². The molecule has 2 aliphatic heterocycles. The predicted molar refractivity (Wildman–Crippen MR) is 88.8 cm³/mol. The average molecular weight is 319 g/mol. The molecule has 0 unspecified atom stereocenters. The fourth-order valence-electron chi connectivity index (χ4n) is 2.96. The van der Waals surface area contributed by atoms with Crippen LogP contribution in [0.4, 0.5) is 10.5 Å². The largest absolute Gasteiger partial charge is 0.448 e. The van der Waals surface area contributed by atoms with E-state index in [-0.39, 0.29) is 6.09 Å². The van der Waals surface area contributed by atoms with Gasteiger partial charge in [-0.3, -0.25) is 4.90 Å². The Morgan fingerprint density at radius 3 is 2.39 bits per heavy atom. The fourth-order valence-corrected chi connectivity index (χ4v) is 2.96. The molecular weight excluding hydrogens is 294 g/mol. The summed E-state index contributed by atoms with van der Waals surface area (Å²) in [5.41, 5.74) is 1.22. The number of rotatable bonds is 4. The maximum atomic E-state index is 12.1. The van der Waals surface area contributed by atoms with E-state index in [0.717, 1.165) is 45.9 Å². The van der Waals surface area contributed by atoms with Crippen LogP contribution < -0.4 is 4.90 Å². The SMILES string of the molecule is O=C(OCCN1CCOCC1)N1CCN(c2ccccc2)CC1. The Hall–Kier alpha value is -1.79. The number of piperazine rings is 1. The van der Waals surface area contributed by atoms with Gasteiger partial charge >= 0.3 is 6.09 Å². The molecule has 1 aromatic rings. The molecule has 0 aliphatic carbocycles. The number of hydrogen-bond acceptors (Lipinski definition) is 5. The normalized spacial score (nSPS) is 19.7. The third-order valence-corrected chi connectivity index (χ3v) is 4.40. The van der Waals surface area contributed by atoms with Gasteiger partial charge in [-0.2, -0.15) is 0 Å². The summed E-state index contributed by atoms with van der Waals surface area (Å²) in [6.07, 6.45) is -0.189. The Morgan fingerprint density at radius 1 is 1.00 bits per heavy atom. The monoisotopic (exact) mass is 319 g/mol. The average Bonchev–Trinajstić information content (AvgIpc) is 2.63. The van der Waals surface area contributed by atoms with Crippen molar-refractivity contribution >= 4 is 11.8 Å². The van der Waals surface area contributed by atoms with E-state index in [1.165, 1.54) is 5.69 Å². The van der Waals surface area contributed by atoms with Crippen molar-refractivity contribution in [1.82, 2.24) is 9.80 Å². The topological polar surface area (TPSA) is 45.2 Å². The number of nitrogens with zero attached hydrogens (tertiary/aromatic N) is 3. The summed E-state index contributed by atoms with van der Waals surface area (Å²) in [6.45, 7) is 7.77. The van der Waals surface area contributed by atoms with E-state index >= 15 is 0 Å². The zero-order valence-corrected chi connectivity index (χ0v) is 13.5. The molecule has 126 valence electrons. The molecule has 1 aromatic carbocycles. The highest BCUT2D eigenvalue weighted by Crippen LogP contribution is 2.15. The molecule has 0 radical (unpaired) electrons. The summed E-state index contributed by atoms with van der Waals surface area (Å²) in [5.74, 6) is 0. The first-order chi connectivity index (χ1) is 11.3. The number of benzene rings is 1. The van der Waals surface area contributed by atoms with Gasteiger partial charge in [0.15, 0.2) is 0 Å². The lowest BCUT2D eigenvalue weighted by Crippen LogP contribution is -2.49. The summed E-state index contributed by atoms with van der Waals surface area (Å²) in [5, 5.41) is 0. The van der Waals surface area contributed by atoms with E-state index < -0.39 is 0 Å². The molecule has 2 heterocycles. The van der Waals surface area contributed by atoms with Gasteiger partial charge in [0.2, 0.25) is 0 Å². The van der Waals surface area contributed by atoms with Gasteiger partial charge in [0, 0.05) is 51.5 Å². The van der Waals surface area contributed by atoms with Crippen molar-refractivity contribution in [2.75, 3.05) is 70.5 Å². The van der Waals surface area contributed by atoms with Crippen LogP contribution in [0.25, 0.3) is 0 Å². The summed E-state index contributed by atoms with van der Waals surface area (Å²) >= 11 is 0. The molecule has 6 nitrogen and oxygen atoms in total. The van der Waals surface area contributed by atoms with Crippen molar-refractivity contribution in [3.63, 3.8) is 0 Å². The molecule has 0 bridgehead atoms. The van der Waals surface area contributed by atoms with Gasteiger partial charge in [0.1, 0.15) is 6.61 Å². The Kier molecular flexibility index (Phi) is 5.71. The number of para-hydroxylation sites is 1. The van der Waals surface area contributed by atoms with Gasteiger partial charge in [-0.1, -0.05) is 18.2 Å². The minimum atomic E-state index is -0.189. The number of carbonyl (C=O) groups excluding carboxylic acids is 1.